The van der Waals surface area contributed by atoms with Gasteiger partial charge in [0, 0.05) is 6.42 Å². The van der Waals surface area contributed by atoms with E-state index in [1.807, 2.05) is 0 Å². The van der Waals surface area contributed by atoms with Gasteiger partial charge >= 0.3 is 11.9 Å². The molecule has 2 N–H and O–H groups in total. The molecule has 0 aliphatic rings. The smallest absolute Gasteiger partial charge is 0.339 e. The molecule has 19 heavy (non-hydrogen) atoms. The van der Waals surface area contributed by atoms with Gasteiger partial charge in [-0.05, 0) is 11.6 Å². The first kappa shape index (κ1) is 15.1. The summed E-state index contributed by atoms with van der Waals surface area (Å²) < 4.78 is 9.24. The highest BCUT2D eigenvalue weighted by Gasteiger charge is 2.22. The van der Waals surface area contributed by atoms with Crippen molar-refractivity contribution in [1.29, 1.82) is 0 Å². The van der Waals surface area contributed by atoms with E-state index in [4.69, 9.17) is 5.11 Å². The number of carbonyl (C=O) groups excluding carboxylic acids is 2. The normalized spacial score (nSPS) is 11.8. The zero-order chi connectivity index (χ0) is 14.4. The molecule has 1 unspecified atom stereocenters. The average Bonchev–Trinajstić information content (AvgIpc) is 2.45. The summed E-state index contributed by atoms with van der Waals surface area (Å²) in [5.74, 6) is -1.36. The van der Waals surface area contributed by atoms with Gasteiger partial charge in [-0.1, -0.05) is 12.1 Å². The van der Waals surface area contributed by atoms with Crippen LogP contribution in [0.4, 0.5) is 0 Å². The molecular weight excluding hydrogens is 252 g/mol. The van der Waals surface area contributed by atoms with Crippen molar-refractivity contribution in [2.24, 2.45) is 0 Å². The van der Waals surface area contributed by atoms with Crippen LogP contribution in [0.15, 0.2) is 18.2 Å². The average molecular weight is 268 g/mol. The third-order valence-electron chi connectivity index (χ3n) is 2.61. The van der Waals surface area contributed by atoms with Gasteiger partial charge in [0.05, 0.1) is 38.1 Å². The van der Waals surface area contributed by atoms with Crippen LogP contribution in [0.1, 0.15) is 26.3 Å². The van der Waals surface area contributed by atoms with Gasteiger partial charge < -0.3 is 19.7 Å². The molecule has 6 heteroatoms. The van der Waals surface area contributed by atoms with Crippen molar-refractivity contribution in [3.05, 3.63) is 34.9 Å². The monoisotopic (exact) mass is 268 g/mol. The second-order valence-electron chi connectivity index (χ2n) is 3.86. The van der Waals surface area contributed by atoms with E-state index in [0.29, 0.717) is 5.56 Å². The number of hydrogen-bond donors (Lipinski definition) is 2. The van der Waals surface area contributed by atoms with Crippen LogP contribution in [-0.2, 0) is 15.9 Å². The van der Waals surface area contributed by atoms with Gasteiger partial charge in [0.15, 0.2) is 0 Å². The van der Waals surface area contributed by atoms with Gasteiger partial charge in [-0.25, -0.2) is 9.59 Å². The zero-order valence-corrected chi connectivity index (χ0v) is 10.8. The molecule has 0 amide bonds. The van der Waals surface area contributed by atoms with Crippen molar-refractivity contribution in [3.63, 3.8) is 0 Å². The Labute approximate surface area is 110 Å². The lowest BCUT2D eigenvalue weighted by Crippen LogP contribution is -2.20. The third-order valence-corrected chi connectivity index (χ3v) is 2.61. The summed E-state index contributed by atoms with van der Waals surface area (Å²) in [5.41, 5.74) is 0.526. The predicted octanol–water partition coefficient (Wildman–Crippen LogP) is 0.156. The molecule has 0 heterocycles. The van der Waals surface area contributed by atoms with Crippen LogP contribution in [0.5, 0.6) is 0 Å². The van der Waals surface area contributed by atoms with Crippen LogP contribution in [0.2, 0.25) is 0 Å². The molecule has 1 aromatic carbocycles. The molecular formula is C13H16O6. The van der Waals surface area contributed by atoms with E-state index in [9.17, 15) is 14.7 Å². The Morgan fingerprint density at radius 1 is 1.21 bits per heavy atom. The number of aliphatic hydroxyl groups is 2. The first-order valence-corrected chi connectivity index (χ1v) is 5.62. The fourth-order valence-electron chi connectivity index (χ4n) is 1.71. The molecule has 0 aliphatic heterocycles. The topological polar surface area (TPSA) is 93.1 Å². The minimum atomic E-state index is -1.02. The molecule has 1 rings (SSSR count). The van der Waals surface area contributed by atoms with Crippen molar-refractivity contribution in [3.8, 4) is 0 Å². The van der Waals surface area contributed by atoms with Gasteiger partial charge in [0.25, 0.3) is 0 Å². The van der Waals surface area contributed by atoms with Crippen molar-refractivity contribution in [1.82, 2.24) is 0 Å². The molecule has 0 spiro atoms. The van der Waals surface area contributed by atoms with E-state index in [2.05, 4.69) is 9.47 Å². The van der Waals surface area contributed by atoms with Crippen molar-refractivity contribution >= 4 is 11.9 Å². The molecule has 1 aromatic rings. The van der Waals surface area contributed by atoms with Gasteiger partial charge in [-0.3, -0.25) is 0 Å². The Morgan fingerprint density at radius 3 is 2.37 bits per heavy atom. The minimum absolute atomic E-state index is 0.0335. The van der Waals surface area contributed by atoms with E-state index in [1.165, 1.54) is 20.3 Å². The molecule has 0 radical (unpaired) electrons. The molecule has 0 saturated heterocycles. The van der Waals surface area contributed by atoms with Gasteiger partial charge in [0.2, 0.25) is 0 Å². The fourth-order valence-corrected chi connectivity index (χ4v) is 1.71. The zero-order valence-electron chi connectivity index (χ0n) is 10.8. The standard InChI is InChI=1S/C13H16O6/c1-18-12(16)10-5-3-4-8(6-9(15)7-14)11(10)13(17)19-2/h3-5,9,14-15H,6-7H2,1-2H3. The highest BCUT2D eigenvalue weighted by atomic mass is 16.5. The summed E-state index contributed by atoms with van der Waals surface area (Å²) in [7, 11) is 2.40. The molecule has 0 fully saturated rings. The highest BCUT2D eigenvalue weighted by Crippen LogP contribution is 2.19. The summed E-state index contributed by atoms with van der Waals surface area (Å²) in [6, 6.07) is 4.59. The summed E-state index contributed by atoms with van der Waals surface area (Å²) in [6.45, 7) is -0.441. The van der Waals surface area contributed by atoms with E-state index >= 15 is 0 Å². The second-order valence-corrected chi connectivity index (χ2v) is 3.86. The predicted molar refractivity (Wildman–Crippen MR) is 65.9 cm³/mol. The lowest BCUT2D eigenvalue weighted by molar-refractivity contribution is 0.0551. The maximum Gasteiger partial charge on any atom is 0.339 e. The molecule has 104 valence electrons. The van der Waals surface area contributed by atoms with Crippen molar-refractivity contribution < 1.29 is 29.3 Å². The van der Waals surface area contributed by atoms with Gasteiger partial charge in [-0.2, -0.15) is 0 Å². The number of rotatable bonds is 5. The fraction of sp³-hybridized carbons (Fsp3) is 0.385. The quantitative estimate of drug-likeness (QED) is 0.739. The van der Waals surface area contributed by atoms with Gasteiger partial charge in [-0.15, -0.1) is 0 Å². The van der Waals surface area contributed by atoms with Gasteiger partial charge in [0.1, 0.15) is 0 Å². The first-order chi connectivity index (χ1) is 9.04. The van der Waals surface area contributed by atoms with Crippen LogP contribution in [-0.4, -0.2) is 49.1 Å². The molecule has 0 aliphatic carbocycles. The molecule has 1 atom stereocenters. The van der Waals surface area contributed by atoms with Crippen molar-refractivity contribution in [2.75, 3.05) is 20.8 Å². The Balaban J connectivity index is 3.30. The lowest BCUT2D eigenvalue weighted by atomic mass is 9.97. The minimum Gasteiger partial charge on any atom is -0.465 e. The van der Waals surface area contributed by atoms with Crippen LogP contribution < -0.4 is 0 Å². The largest absolute Gasteiger partial charge is 0.465 e. The van der Waals surface area contributed by atoms with E-state index in [0.717, 1.165) is 0 Å². The number of benzene rings is 1. The van der Waals surface area contributed by atoms with E-state index in [-0.39, 0.29) is 17.5 Å². The van der Waals surface area contributed by atoms with E-state index < -0.39 is 24.6 Å². The molecule has 0 bridgehead atoms. The molecule has 0 aromatic heterocycles. The SMILES string of the molecule is COC(=O)c1cccc(CC(O)CO)c1C(=O)OC. The Morgan fingerprint density at radius 2 is 1.84 bits per heavy atom. The van der Waals surface area contributed by atoms with E-state index in [1.54, 1.807) is 12.1 Å². The molecule has 0 saturated carbocycles. The van der Waals surface area contributed by atoms with Crippen LogP contribution in [0.25, 0.3) is 0 Å². The second kappa shape index (κ2) is 6.86. The summed E-state index contributed by atoms with van der Waals surface area (Å²) in [6.07, 6.45) is -0.984. The maximum absolute atomic E-state index is 11.8. The van der Waals surface area contributed by atoms with Crippen LogP contribution in [0, 0.1) is 0 Å². The first-order valence-electron chi connectivity index (χ1n) is 5.62. The number of carbonyl (C=O) groups is 2. The Bertz CT molecular complexity index is 468. The highest BCUT2D eigenvalue weighted by molar-refractivity contribution is 6.04. The summed E-state index contributed by atoms with van der Waals surface area (Å²) in [4.78, 5) is 23.4. The third kappa shape index (κ3) is 3.52. The van der Waals surface area contributed by atoms with Crippen LogP contribution in [0.3, 0.4) is 0 Å². The number of methoxy groups -OCH3 is 2. The number of ether oxygens (including phenoxy) is 2. The maximum atomic E-state index is 11.8. The lowest BCUT2D eigenvalue weighted by Gasteiger charge is -2.13. The molecule has 6 nitrogen and oxygen atoms in total. The van der Waals surface area contributed by atoms with Crippen LogP contribution >= 0.6 is 0 Å². The Kier molecular flexibility index (Phi) is 5.47. The number of aliphatic hydroxyl groups excluding tert-OH is 2. The van der Waals surface area contributed by atoms with Crippen molar-refractivity contribution in [2.45, 2.75) is 12.5 Å². The summed E-state index contributed by atoms with van der Waals surface area (Å²) in [5, 5.41) is 18.3. The summed E-state index contributed by atoms with van der Waals surface area (Å²) >= 11 is 0. The number of hydrogen-bond acceptors (Lipinski definition) is 6. The number of esters is 2. The Hall–Kier alpha value is -1.92.